The molecule has 1 unspecified atom stereocenters. The summed E-state index contributed by atoms with van der Waals surface area (Å²) in [6.07, 6.45) is 0. The Kier molecular flexibility index (Phi) is 5.60. The zero-order valence-electron chi connectivity index (χ0n) is 14.1. The molecule has 0 saturated carbocycles. The van der Waals surface area contributed by atoms with Crippen molar-refractivity contribution in [2.45, 2.75) is 13.0 Å². The second-order valence-corrected chi connectivity index (χ2v) is 6.93. The predicted octanol–water partition coefficient (Wildman–Crippen LogP) is 3.33. The molecule has 0 bridgehead atoms. The molecular formula is C19H21N3O2S. The number of nitrogens with one attached hydrogen (secondary N) is 2. The number of hydrogen-bond donors (Lipinski definition) is 2. The predicted molar refractivity (Wildman–Crippen MR) is 103 cm³/mol. The maximum Gasteiger partial charge on any atom is 0.244 e. The maximum atomic E-state index is 12.0. The van der Waals surface area contributed by atoms with Crippen molar-refractivity contribution < 1.29 is 9.59 Å². The first-order valence-electron chi connectivity index (χ1n) is 8.19. The summed E-state index contributed by atoms with van der Waals surface area (Å²) in [5.74, 6) is 0.906. The fourth-order valence-electron chi connectivity index (χ4n) is 2.64. The fraction of sp³-hybridized carbons (Fsp3) is 0.263. The van der Waals surface area contributed by atoms with Gasteiger partial charge >= 0.3 is 0 Å². The first-order valence-corrected chi connectivity index (χ1v) is 9.34. The van der Waals surface area contributed by atoms with E-state index in [-0.39, 0.29) is 24.4 Å². The normalized spacial score (nSPS) is 15.1. The molecule has 0 aromatic heterocycles. The van der Waals surface area contributed by atoms with Crippen molar-refractivity contribution in [2.24, 2.45) is 0 Å². The van der Waals surface area contributed by atoms with E-state index in [9.17, 15) is 9.59 Å². The fourth-order valence-corrected chi connectivity index (χ4v) is 3.54. The SMILES string of the molecule is CC(Nc1ccc(NC(=O)CN2CSCC2=O)cc1)c1ccccc1. The summed E-state index contributed by atoms with van der Waals surface area (Å²) in [5.41, 5.74) is 2.93. The Balaban J connectivity index is 1.53. The molecule has 1 aliphatic rings. The molecule has 1 atom stereocenters. The highest BCUT2D eigenvalue weighted by Gasteiger charge is 2.22. The first kappa shape index (κ1) is 17.4. The standard InChI is InChI=1S/C19H21N3O2S/c1-14(15-5-3-2-4-6-15)20-16-7-9-17(10-8-16)21-18(23)11-22-13-25-12-19(22)24/h2-10,14,20H,11-13H2,1H3,(H,21,23). The van der Waals surface area contributed by atoms with E-state index in [1.54, 1.807) is 4.90 Å². The Bertz CT molecular complexity index is 734. The van der Waals surface area contributed by atoms with E-state index >= 15 is 0 Å². The van der Waals surface area contributed by atoms with Gasteiger partial charge in [0.1, 0.15) is 6.54 Å². The van der Waals surface area contributed by atoms with Crippen LogP contribution in [0.4, 0.5) is 11.4 Å². The summed E-state index contributed by atoms with van der Waals surface area (Å²) < 4.78 is 0. The van der Waals surface area contributed by atoms with Gasteiger partial charge in [-0.25, -0.2) is 0 Å². The van der Waals surface area contributed by atoms with Gasteiger partial charge in [-0.15, -0.1) is 11.8 Å². The first-order chi connectivity index (χ1) is 12.1. The maximum absolute atomic E-state index is 12.0. The average Bonchev–Trinajstić information content (AvgIpc) is 3.02. The van der Waals surface area contributed by atoms with E-state index in [2.05, 4.69) is 29.7 Å². The van der Waals surface area contributed by atoms with Crippen LogP contribution >= 0.6 is 11.8 Å². The van der Waals surface area contributed by atoms with Crippen LogP contribution in [0.1, 0.15) is 18.5 Å². The van der Waals surface area contributed by atoms with E-state index in [0.717, 1.165) is 11.4 Å². The van der Waals surface area contributed by atoms with Crippen molar-refractivity contribution >= 4 is 35.0 Å². The number of carbonyl (C=O) groups excluding carboxylic acids is 2. The van der Waals surface area contributed by atoms with Crippen LogP contribution in [-0.4, -0.2) is 34.9 Å². The zero-order valence-corrected chi connectivity index (χ0v) is 14.9. The van der Waals surface area contributed by atoms with Gasteiger partial charge in [0.15, 0.2) is 0 Å². The molecule has 2 aromatic carbocycles. The molecule has 1 heterocycles. The van der Waals surface area contributed by atoms with E-state index in [1.807, 2.05) is 42.5 Å². The second kappa shape index (κ2) is 8.07. The lowest BCUT2D eigenvalue weighted by atomic mass is 10.1. The van der Waals surface area contributed by atoms with Gasteiger partial charge in [-0.2, -0.15) is 0 Å². The third-order valence-corrected chi connectivity index (χ3v) is 4.96. The molecule has 0 aliphatic carbocycles. The Morgan fingerprint density at radius 2 is 1.80 bits per heavy atom. The number of rotatable bonds is 6. The third kappa shape index (κ3) is 4.76. The second-order valence-electron chi connectivity index (χ2n) is 5.97. The molecule has 2 amide bonds. The summed E-state index contributed by atoms with van der Waals surface area (Å²) in [6, 6.07) is 18.0. The van der Waals surface area contributed by atoms with E-state index in [1.165, 1.54) is 17.3 Å². The van der Waals surface area contributed by atoms with E-state index in [4.69, 9.17) is 0 Å². The molecule has 1 saturated heterocycles. The van der Waals surface area contributed by atoms with Crippen LogP contribution in [0, 0.1) is 0 Å². The van der Waals surface area contributed by atoms with Crippen LogP contribution in [-0.2, 0) is 9.59 Å². The zero-order chi connectivity index (χ0) is 17.6. The van der Waals surface area contributed by atoms with Gasteiger partial charge in [0.05, 0.1) is 11.6 Å². The molecule has 6 heteroatoms. The average molecular weight is 355 g/mol. The monoisotopic (exact) mass is 355 g/mol. The lowest BCUT2D eigenvalue weighted by molar-refractivity contribution is -0.130. The minimum atomic E-state index is -0.172. The molecule has 2 aromatic rings. The molecular weight excluding hydrogens is 334 g/mol. The van der Waals surface area contributed by atoms with Crippen molar-refractivity contribution in [2.75, 3.05) is 28.8 Å². The highest BCUT2D eigenvalue weighted by atomic mass is 32.2. The molecule has 25 heavy (non-hydrogen) atoms. The molecule has 1 aliphatic heterocycles. The minimum Gasteiger partial charge on any atom is -0.379 e. The Hall–Kier alpha value is -2.47. The number of anilines is 2. The quantitative estimate of drug-likeness (QED) is 0.834. The molecule has 130 valence electrons. The molecule has 1 fully saturated rings. The summed E-state index contributed by atoms with van der Waals surface area (Å²) in [6.45, 7) is 2.22. The largest absolute Gasteiger partial charge is 0.379 e. The summed E-state index contributed by atoms with van der Waals surface area (Å²) in [4.78, 5) is 25.1. The van der Waals surface area contributed by atoms with Crippen molar-refractivity contribution in [1.29, 1.82) is 0 Å². The van der Waals surface area contributed by atoms with Crippen LogP contribution in [0.25, 0.3) is 0 Å². The Labute approximate surface area is 151 Å². The van der Waals surface area contributed by atoms with Gasteiger partial charge in [-0.1, -0.05) is 30.3 Å². The number of hydrogen-bond acceptors (Lipinski definition) is 4. The Morgan fingerprint density at radius 1 is 1.12 bits per heavy atom. The minimum absolute atomic E-state index is 0.0228. The number of amides is 2. The Morgan fingerprint density at radius 3 is 2.44 bits per heavy atom. The van der Waals surface area contributed by atoms with Crippen molar-refractivity contribution in [3.63, 3.8) is 0 Å². The molecule has 0 spiro atoms. The highest BCUT2D eigenvalue weighted by molar-refractivity contribution is 8.00. The van der Waals surface area contributed by atoms with Crippen LogP contribution in [0.5, 0.6) is 0 Å². The molecule has 3 rings (SSSR count). The number of nitrogens with zero attached hydrogens (tertiary/aromatic N) is 1. The summed E-state index contributed by atoms with van der Waals surface area (Å²) in [5, 5.41) is 6.27. The molecule has 0 radical (unpaired) electrons. The van der Waals surface area contributed by atoms with Crippen molar-refractivity contribution in [3.05, 3.63) is 60.2 Å². The molecule has 5 nitrogen and oxygen atoms in total. The van der Waals surface area contributed by atoms with E-state index in [0.29, 0.717) is 11.6 Å². The smallest absolute Gasteiger partial charge is 0.244 e. The third-order valence-electron chi connectivity index (χ3n) is 4.01. The van der Waals surface area contributed by atoms with Gasteiger partial charge in [0, 0.05) is 17.4 Å². The highest BCUT2D eigenvalue weighted by Crippen LogP contribution is 2.21. The number of benzene rings is 2. The van der Waals surface area contributed by atoms with Gasteiger partial charge in [-0.05, 0) is 36.8 Å². The van der Waals surface area contributed by atoms with Crippen LogP contribution in [0.2, 0.25) is 0 Å². The lowest BCUT2D eigenvalue weighted by Crippen LogP contribution is -2.34. The lowest BCUT2D eigenvalue weighted by Gasteiger charge is -2.17. The van der Waals surface area contributed by atoms with Gasteiger partial charge in [-0.3, -0.25) is 9.59 Å². The van der Waals surface area contributed by atoms with Gasteiger partial charge < -0.3 is 15.5 Å². The number of carbonyl (C=O) groups is 2. The van der Waals surface area contributed by atoms with Crippen molar-refractivity contribution in [3.8, 4) is 0 Å². The van der Waals surface area contributed by atoms with Gasteiger partial charge in [0.25, 0.3) is 0 Å². The van der Waals surface area contributed by atoms with Crippen molar-refractivity contribution in [1.82, 2.24) is 4.90 Å². The van der Waals surface area contributed by atoms with Gasteiger partial charge in [0.2, 0.25) is 11.8 Å². The summed E-state index contributed by atoms with van der Waals surface area (Å²) >= 11 is 1.53. The van der Waals surface area contributed by atoms with Crippen LogP contribution < -0.4 is 10.6 Å². The van der Waals surface area contributed by atoms with E-state index < -0.39 is 0 Å². The number of thioether (sulfide) groups is 1. The molecule has 2 N–H and O–H groups in total. The topological polar surface area (TPSA) is 61.4 Å². The van der Waals surface area contributed by atoms with Crippen LogP contribution in [0.3, 0.4) is 0 Å². The summed E-state index contributed by atoms with van der Waals surface area (Å²) in [7, 11) is 0. The van der Waals surface area contributed by atoms with Crippen LogP contribution in [0.15, 0.2) is 54.6 Å².